The van der Waals surface area contributed by atoms with E-state index in [2.05, 4.69) is 19.8 Å². The fourth-order valence-electron chi connectivity index (χ4n) is 7.18. The van der Waals surface area contributed by atoms with E-state index >= 15 is 0 Å². The highest BCUT2D eigenvalue weighted by molar-refractivity contribution is 5.64. The Balaban J connectivity index is 1.08. The summed E-state index contributed by atoms with van der Waals surface area (Å²) in [5.74, 6) is 2.55. The van der Waals surface area contributed by atoms with Crippen LogP contribution in [0.4, 0.5) is 15.0 Å². The second-order valence-electron chi connectivity index (χ2n) is 12.2. The first-order chi connectivity index (χ1) is 19.4. The number of hydrogen-bond donors (Lipinski definition) is 1. The van der Waals surface area contributed by atoms with Gasteiger partial charge < -0.3 is 29.7 Å². The van der Waals surface area contributed by atoms with E-state index in [1.807, 2.05) is 0 Å². The van der Waals surface area contributed by atoms with Crippen molar-refractivity contribution in [1.82, 2.24) is 14.9 Å². The molecule has 3 heterocycles. The van der Waals surface area contributed by atoms with Crippen LogP contribution in [0.5, 0.6) is 17.2 Å². The minimum atomic E-state index is -0.663. The molecule has 2 saturated heterocycles. The van der Waals surface area contributed by atoms with Crippen molar-refractivity contribution in [2.75, 3.05) is 37.6 Å². The lowest BCUT2D eigenvalue weighted by Gasteiger charge is -2.31. The Kier molecular flexibility index (Phi) is 7.96. The maximum absolute atomic E-state index is 14.1. The summed E-state index contributed by atoms with van der Waals surface area (Å²) in [4.78, 5) is 24.8. The van der Waals surface area contributed by atoms with Gasteiger partial charge in [0.1, 0.15) is 18.2 Å². The van der Waals surface area contributed by atoms with Gasteiger partial charge in [-0.3, -0.25) is 0 Å². The van der Waals surface area contributed by atoms with Crippen molar-refractivity contribution in [2.24, 2.45) is 17.1 Å². The number of primary amides is 1. The number of carbonyl (C=O) groups excluding carboxylic acids is 1. The summed E-state index contributed by atoms with van der Waals surface area (Å²) in [6.07, 6.45) is 13.1. The van der Waals surface area contributed by atoms with Crippen molar-refractivity contribution in [3.63, 3.8) is 0 Å². The van der Waals surface area contributed by atoms with Gasteiger partial charge in [-0.15, -0.1) is 0 Å². The van der Waals surface area contributed by atoms with Crippen molar-refractivity contribution in [1.29, 1.82) is 0 Å². The van der Waals surface area contributed by atoms with Crippen molar-refractivity contribution < 1.29 is 23.4 Å². The summed E-state index contributed by atoms with van der Waals surface area (Å²) in [6, 6.07) is 4.44. The maximum Gasteiger partial charge on any atom is 0.404 e. The molecule has 4 fully saturated rings. The van der Waals surface area contributed by atoms with E-state index in [1.54, 1.807) is 18.6 Å². The average Bonchev–Trinajstić information content (AvgIpc) is 3.69. The second-order valence-corrected chi connectivity index (χ2v) is 12.2. The minimum Gasteiger partial charge on any atom is -0.486 e. The fraction of sp³-hybridized carbons (Fsp3) is 0.633. The largest absolute Gasteiger partial charge is 0.486 e. The summed E-state index contributed by atoms with van der Waals surface area (Å²) in [6.45, 7) is 5.12. The van der Waals surface area contributed by atoms with Crippen LogP contribution < -0.4 is 20.1 Å². The molecule has 0 bridgehead atoms. The summed E-state index contributed by atoms with van der Waals surface area (Å²) in [5.41, 5.74) is 5.43. The van der Waals surface area contributed by atoms with Crippen LogP contribution in [-0.2, 0) is 4.74 Å². The molecule has 1 amide bonds. The number of aromatic nitrogens is 2. The van der Waals surface area contributed by atoms with Gasteiger partial charge in [0.25, 0.3) is 0 Å². The van der Waals surface area contributed by atoms with E-state index in [1.165, 1.54) is 18.6 Å². The SMILES string of the molecule is NC(=O)O[C@H]1CC[C@H](CN2CCC3(CCN(c4ncncc4Oc4ccc(F)cc4OC4CCCC4)C3)C2)CC1. The highest BCUT2D eigenvalue weighted by Gasteiger charge is 2.44. The Morgan fingerprint density at radius 1 is 1.00 bits per heavy atom. The lowest BCUT2D eigenvalue weighted by Crippen LogP contribution is -2.35. The summed E-state index contributed by atoms with van der Waals surface area (Å²) >= 11 is 0. The molecular weight excluding hydrogens is 513 g/mol. The van der Waals surface area contributed by atoms with Gasteiger partial charge >= 0.3 is 6.09 Å². The molecule has 1 spiro atoms. The molecule has 1 aromatic carbocycles. The molecule has 10 heteroatoms. The zero-order chi connectivity index (χ0) is 27.5. The van der Waals surface area contributed by atoms with Gasteiger partial charge in [0.15, 0.2) is 23.1 Å². The number of benzene rings is 1. The molecule has 4 aliphatic rings. The van der Waals surface area contributed by atoms with E-state index in [0.29, 0.717) is 23.2 Å². The monoisotopic (exact) mass is 553 g/mol. The molecule has 2 aliphatic carbocycles. The molecule has 2 N–H and O–H groups in total. The summed E-state index contributed by atoms with van der Waals surface area (Å²) in [7, 11) is 0. The van der Waals surface area contributed by atoms with E-state index in [9.17, 15) is 9.18 Å². The molecule has 9 nitrogen and oxygen atoms in total. The van der Waals surface area contributed by atoms with Crippen LogP contribution in [0.25, 0.3) is 0 Å². The van der Waals surface area contributed by atoms with Crippen LogP contribution in [0.15, 0.2) is 30.7 Å². The van der Waals surface area contributed by atoms with Crippen molar-refractivity contribution in [3.8, 4) is 17.2 Å². The number of anilines is 1. The lowest BCUT2D eigenvalue weighted by atomic mass is 9.86. The first-order valence-corrected chi connectivity index (χ1v) is 14.8. The van der Waals surface area contributed by atoms with Crippen molar-refractivity contribution >= 4 is 11.9 Å². The molecule has 1 atom stereocenters. The molecule has 0 radical (unpaired) electrons. The van der Waals surface area contributed by atoms with Gasteiger partial charge in [-0.1, -0.05) is 0 Å². The van der Waals surface area contributed by atoms with Crippen LogP contribution in [0.1, 0.15) is 64.2 Å². The van der Waals surface area contributed by atoms with Gasteiger partial charge in [-0.25, -0.2) is 19.2 Å². The third kappa shape index (κ3) is 6.27. The number of hydrogen-bond acceptors (Lipinski definition) is 8. The molecule has 2 aromatic rings. The quantitative estimate of drug-likeness (QED) is 0.471. The van der Waals surface area contributed by atoms with Crippen LogP contribution in [-0.4, -0.2) is 65.9 Å². The number of rotatable bonds is 8. The number of nitrogens with zero attached hydrogens (tertiary/aromatic N) is 4. The van der Waals surface area contributed by atoms with E-state index in [-0.39, 0.29) is 23.4 Å². The highest BCUT2D eigenvalue weighted by atomic mass is 19.1. The van der Waals surface area contributed by atoms with Gasteiger partial charge in [0.2, 0.25) is 0 Å². The summed E-state index contributed by atoms with van der Waals surface area (Å²) in [5, 5.41) is 0. The highest BCUT2D eigenvalue weighted by Crippen LogP contribution is 2.44. The fourth-order valence-corrected chi connectivity index (χ4v) is 7.18. The first-order valence-electron chi connectivity index (χ1n) is 14.8. The predicted molar refractivity (Wildman–Crippen MR) is 148 cm³/mol. The van der Waals surface area contributed by atoms with Gasteiger partial charge in [0, 0.05) is 37.7 Å². The molecular formula is C30H40FN5O4. The lowest BCUT2D eigenvalue weighted by molar-refractivity contribution is 0.0649. The van der Waals surface area contributed by atoms with E-state index in [4.69, 9.17) is 19.9 Å². The Labute approximate surface area is 235 Å². The zero-order valence-corrected chi connectivity index (χ0v) is 23.1. The second kappa shape index (κ2) is 11.8. The average molecular weight is 554 g/mol. The molecule has 2 saturated carbocycles. The third-order valence-electron chi connectivity index (χ3n) is 9.23. The molecule has 40 heavy (non-hydrogen) atoms. The standard InChI is InChI=1S/C30H40FN5O4/c31-22-7-10-25(26(15-22)38-23-3-1-2-4-23)40-27-16-33-20-34-28(27)36-14-12-30(19-36)11-13-35(18-30)17-21-5-8-24(9-6-21)39-29(32)37/h7,10,15-16,20-21,23-24H,1-6,8-9,11-14,17-19H2,(H2,32,37)/t21-,24-,30?. The van der Waals surface area contributed by atoms with Gasteiger partial charge in [-0.05, 0) is 88.8 Å². The molecule has 1 aromatic heterocycles. The van der Waals surface area contributed by atoms with Gasteiger partial charge in [-0.2, -0.15) is 0 Å². The minimum absolute atomic E-state index is 0.0217. The van der Waals surface area contributed by atoms with Crippen molar-refractivity contribution in [3.05, 3.63) is 36.5 Å². The van der Waals surface area contributed by atoms with E-state index < -0.39 is 6.09 Å². The van der Waals surface area contributed by atoms with Gasteiger partial charge in [0.05, 0.1) is 12.3 Å². The van der Waals surface area contributed by atoms with Crippen LogP contribution in [0.3, 0.4) is 0 Å². The number of ether oxygens (including phenoxy) is 3. The first kappa shape index (κ1) is 27.1. The normalized spacial score (nSPS) is 27.4. The molecule has 216 valence electrons. The smallest absolute Gasteiger partial charge is 0.404 e. The topological polar surface area (TPSA) is 103 Å². The number of nitrogens with two attached hydrogens (primary N) is 1. The third-order valence-corrected chi connectivity index (χ3v) is 9.23. The van der Waals surface area contributed by atoms with Crippen LogP contribution in [0.2, 0.25) is 0 Å². The number of amides is 1. The zero-order valence-electron chi connectivity index (χ0n) is 23.1. The maximum atomic E-state index is 14.1. The van der Waals surface area contributed by atoms with Crippen LogP contribution >= 0.6 is 0 Å². The molecule has 2 aliphatic heterocycles. The summed E-state index contributed by atoms with van der Waals surface area (Å²) < 4.78 is 31.8. The van der Waals surface area contributed by atoms with Crippen molar-refractivity contribution in [2.45, 2.75) is 76.4 Å². The predicted octanol–water partition coefficient (Wildman–Crippen LogP) is 5.29. The Morgan fingerprint density at radius 3 is 2.60 bits per heavy atom. The number of halogens is 1. The number of carbonyl (C=O) groups is 1. The van der Waals surface area contributed by atoms with E-state index in [0.717, 1.165) is 96.3 Å². The Bertz CT molecular complexity index is 1190. The Morgan fingerprint density at radius 2 is 1.80 bits per heavy atom. The van der Waals surface area contributed by atoms with Crippen LogP contribution in [0, 0.1) is 17.2 Å². The number of likely N-dealkylation sites (tertiary alicyclic amines) is 1. The Hall–Kier alpha value is -3.14. The molecule has 6 rings (SSSR count). The molecule has 1 unspecified atom stereocenters.